The second kappa shape index (κ2) is 9.07. The molecule has 4 aromatic carbocycles. The molecule has 0 aliphatic carbocycles. The molecule has 3 aromatic heterocycles. The molecule has 0 amide bonds. The lowest BCUT2D eigenvalue weighted by atomic mass is 10.1. The Hall–Kier alpha value is -4.70. The molecule has 0 N–H and O–H groups in total. The van der Waals surface area contributed by atoms with Crippen molar-refractivity contribution in [2.24, 2.45) is 0 Å². The lowest BCUT2D eigenvalue weighted by Crippen LogP contribution is -2.33. The van der Waals surface area contributed by atoms with E-state index < -0.39 is 0 Å². The molecule has 7 rings (SSSR count). The fraction of sp³-hybridized carbons (Fsp3) is 0.0909. The Bertz CT molecular complexity index is 1830. The number of imidazole rings is 2. The summed E-state index contributed by atoms with van der Waals surface area (Å²) >= 11 is 0. The summed E-state index contributed by atoms with van der Waals surface area (Å²) in [5, 5.41) is 0. The molecule has 4 nitrogen and oxygen atoms in total. The van der Waals surface area contributed by atoms with Gasteiger partial charge in [-0.2, -0.15) is 4.40 Å². The number of para-hydroxylation sites is 2. The molecule has 0 bridgehead atoms. The summed E-state index contributed by atoms with van der Waals surface area (Å²) in [6.45, 7) is 0.909. The normalized spacial score (nSPS) is 11.6. The number of aromatic nitrogens is 4. The molecule has 0 unspecified atom stereocenters. The van der Waals surface area contributed by atoms with Crippen molar-refractivity contribution in [2.75, 3.05) is 0 Å². The minimum Gasteiger partial charge on any atom is -0.282 e. The van der Waals surface area contributed by atoms with E-state index in [1.807, 2.05) is 6.20 Å². The third-order valence-electron chi connectivity index (χ3n) is 7.17. The van der Waals surface area contributed by atoms with E-state index in [-0.39, 0.29) is 0 Å². The van der Waals surface area contributed by atoms with Crippen LogP contribution in [0.1, 0.15) is 12.0 Å². The summed E-state index contributed by atoms with van der Waals surface area (Å²) in [4.78, 5) is 5.03. The Morgan fingerprint density at radius 1 is 0.595 bits per heavy atom. The summed E-state index contributed by atoms with van der Waals surface area (Å²) in [6, 6.07) is 40.6. The van der Waals surface area contributed by atoms with Gasteiger partial charge in [-0.05, 0) is 30.5 Å². The summed E-state index contributed by atoms with van der Waals surface area (Å²) < 4.78 is 7.11. The molecular weight excluding hydrogens is 452 g/mol. The van der Waals surface area contributed by atoms with Crippen LogP contribution in [-0.2, 0) is 13.0 Å². The summed E-state index contributed by atoms with van der Waals surface area (Å²) in [5.41, 5.74) is 10.4. The third kappa shape index (κ3) is 3.69. The first-order valence-electron chi connectivity index (χ1n) is 12.9. The van der Waals surface area contributed by atoms with Gasteiger partial charge >= 0.3 is 5.65 Å². The minimum atomic E-state index is 0.909. The van der Waals surface area contributed by atoms with E-state index in [0.717, 1.165) is 47.5 Å². The molecule has 0 fully saturated rings. The maximum atomic E-state index is 5.03. The molecular formula is C33H27N4+. The largest absolute Gasteiger partial charge is 0.331 e. The summed E-state index contributed by atoms with van der Waals surface area (Å²) in [6.07, 6.45) is 6.41. The van der Waals surface area contributed by atoms with Crippen LogP contribution in [0.4, 0.5) is 0 Å². The van der Waals surface area contributed by atoms with E-state index in [4.69, 9.17) is 4.98 Å². The van der Waals surface area contributed by atoms with Gasteiger partial charge in [0, 0.05) is 11.1 Å². The first-order chi connectivity index (χ1) is 18.4. The standard InChI is InChI=1S/C33H27N4/c1-4-13-25(14-5-1)15-12-22-35-24-31(27-18-8-3-9-19-27)37-29-21-11-10-20-28(29)36-30(23-34-32(36)33(35)37)26-16-6-2-7-17-26/h1-11,13-14,16-21,23-24H,12,15,22H2/q+1. The third-order valence-corrected chi connectivity index (χ3v) is 7.17. The Labute approximate surface area is 215 Å². The van der Waals surface area contributed by atoms with Gasteiger partial charge in [0.15, 0.2) is 11.2 Å². The van der Waals surface area contributed by atoms with Gasteiger partial charge in [-0.25, -0.2) is 9.55 Å². The molecule has 0 saturated heterocycles. The van der Waals surface area contributed by atoms with Crippen LogP contribution >= 0.6 is 0 Å². The zero-order valence-corrected chi connectivity index (χ0v) is 20.5. The van der Waals surface area contributed by atoms with Crippen LogP contribution in [0.2, 0.25) is 0 Å². The molecule has 178 valence electrons. The number of hydrogen-bond acceptors (Lipinski definition) is 1. The molecule has 0 radical (unpaired) electrons. The Morgan fingerprint density at radius 2 is 1.16 bits per heavy atom. The first-order valence-corrected chi connectivity index (χ1v) is 12.9. The quantitative estimate of drug-likeness (QED) is 0.236. The van der Waals surface area contributed by atoms with Crippen LogP contribution in [0.3, 0.4) is 0 Å². The van der Waals surface area contributed by atoms with Crippen LogP contribution in [0.15, 0.2) is 128 Å². The van der Waals surface area contributed by atoms with Gasteiger partial charge in [0.1, 0.15) is 6.20 Å². The average molecular weight is 480 g/mol. The topological polar surface area (TPSA) is 25.6 Å². The van der Waals surface area contributed by atoms with Crippen molar-refractivity contribution >= 4 is 22.3 Å². The monoisotopic (exact) mass is 479 g/mol. The maximum Gasteiger partial charge on any atom is 0.331 e. The molecule has 0 aliphatic rings. The Balaban J connectivity index is 1.50. The SMILES string of the molecule is c1ccc(CCC[n+]2cc(-c3ccccc3)n3c4ccccc4n4c(-c5ccccc5)cnc4c32)cc1. The number of aryl methyl sites for hydroxylation is 2. The molecule has 3 heterocycles. The van der Waals surface area contributed by atoms with Crippen molar-refractivity contribution in [3.8, 4) is 22.5 Å². The lowest BCUT2D eigenvalue weighted by Gasteiger charge is -2.08. The molecule has 7 aromatic rings. The zero-order valence-electron chi connectivity index (χ0n) is 20.5. The molecule has 37 heavy (non-hydrogen) atoms. The van der Waals surface area contributed by atoms with Crippen molar-refractivity contribution in [3.05, 3.63) is 133 Å². The highest BCUT2D eigenvalue weighted by Crippen LogP contribution is 2.31. The van der Waals surface area contributed by atoms with Gasteiger partial charge in [0.25, 0.3) is 0 Å². The molecule has 4 heteroatoms. The van der Waals surface area contributed by atoms with E-state index in [0.29, 0.717) is 0 Å². The average Bonchev–Trinajstić information content (AvgIpc) is 3.57. The van der Waals surface area contributed by atoms with E-state index in [2.05, 4.69) is 135 Å². The number of fused-ring (bicyclic) bond motifs is 6. The highest BCUT2D eigenvalue weighted by atomic mass is 15.2. The number of rotatable bonds is 6. The molecule has 0 spiro atoms. The fourth-order valence-corrected chi connectivity index (χ4v) is 5.47. The highest BCUT2D eigenvalue weighted by molar-refractivity contribution is 5.89. The predicted octanol–water partition coefficient (Wildman–Crippen LogP) is 6.99. The first kappa shape index (κ1) is 21.6. The maximum absolute atomic E-state index is 5.03. The molecule has 0 atom stereocenters. The molecule has 0 aliphatic heterocycles. The van der Waals surface area contributed by atoms with Crippen molar-refractivity contribution in [1.29, 1.82) is 0 Å². The van der Waals surface area contributed by atoms with Gasteiger partial charge < -0.3 is 0 Å². The van der Waals surface area contributed by atoms with E-state index >= 15 is 0 Å². The summed E-state index contributed by atoms with van der Waals surface area (Å²) in [5.74, 6) is 0. The van der Waals surface area contributed by atoms with Crippen LogP contribution in [-0.4, -0.2) is 13.8 Å². The van der Waals surface area contributed by atoms with Crippen molar-refractivity contribution in [1.82, 2.24) is 13.8 Å². The number of hydrogen-bond donors (Lipinski definition) is 0. The second-order valence-corrected chi connectivity index (χ2v) is 9.48. The molecule has 0 saturated carbocycles. The highest BCUT2D eigenvalue weighted by Gasteiger charge is 2.27. The second-order valence-electron chi connectivity index (χ2n) is 9.48. The van der Waals surface area contributed by atoms with Crippen molar-refractivity contribution < 1.29 is 4.57 Å². The van der Waals surface area contributed by atoms with Crippen LogP contribution < -0.4 is 4.57 Å². The smallest absolute Gasteiger partial charge is 0.282 e. The fourth-order valence-electron chi connectivity index (χ4n) is 5.47. The van der Waals surface area contributed by atoms with Gasteiger partial charge in [-0.15, -0.1) is 0 Å². The van der Waals surface area contributed by atoms with Crippen molar-refractivity contribution in [2.45, 2.75) is 19.4 Å². The Kier molecular flexibility index (Phi) is 5.29. The zero-order chi connectivity index (χ0) is 24.6. The number of nitrogens with zero attached hydrogens (tertiary/aromatic N) is 4. The van der Waals surface area contributed by atoms with E-state index in [9.17, 15) is 0 Å². The van der Waals surface area contributed by atoms with Crippen LogP contribution in [0, 0.1) is 0 Å². The van der Waals surface area contributed by atoms with Crippen molar-refractivity contribution in [3.63, 3.8) is 0 Å². The predicted molar refractivity (Wildman–Crippen MR) is 149 cm³/mol. The number of benzene rings is 4. The van der Waals surface area contributed by atoms with Gasteiger partial charge in [0.2, 0.25) is 5.65 Å². The van der Waals surface area contributed by atoms with Crippen LogP contribution in [0.5, 0.6) is 0 Å². The lowest BCUT2D eigenvalue weighted by molar-refractivity contribution is -0.670. The van der Waals surface area contributed by atoms with Gasteiger partial charge in [-0.1, -0.05) is 103 Å². The van der Waals surface area contributed by atoms with Gasteiger partial charge in [-0.3, -0.25) is 4.40 Å². The van der Waals surface area contributed by atoms with Gasteiger partial charge in [0.05, 0.1) is 24.0 Å². The summed E-state index contributed by atoms with van der Waals surface area (Å²) in [7, 11) is 0. The van der Waals surface area contributed by atoms with E-state index in [1.54, 1.807) is 0 Å². The van der Waals surface area contributed by atoms with E-state index in [1.165, 1.54) is 22.3 Å². The minimum absolute atomic E-state index is 0.909. The van der Waals surface area contributed by atoms with Crippen LogP contribution in [0.25, 0.3) is 44.8 Å². The Morgan fingerprint density at radius 3 is 1.84 bits per heavy atom.